The molecular formula is C20H32N2S. The Bertz CT molecular complexity index is 493. The molecule has 2 rings (SSSR count). The molecule has 128 valence electrons. The largest absolute Gasteiger partial charge is 0.360 e. The van der Waals surface area contributed by atoms with Gasteiger partial charge in [-0.25, -0.2) is 0 Å². The Labute approximate surface area is 147 Å². The number of aryl methyl sites for hydroxylation is 3. The molecule has 1 saturated carbocycles. The fourth-order valence-corrected chi connectivity index (χ4v) is 3.76. The van der Waals surface area contributed by atoms with Crippen LogP contribution >= 0.6 is 12.2 Å². The molecule has 23 heavy (non-hydrogen) atoms. The number of thiocarbonyl (C=S) groups is 1. The summed E-state index contributed by atoms with van der Waals surface area (Å²) in [6, 6.07) is 5.30. The van der Waals surface area contributed by atoms with E-state index in [1.165, 1.54) is 67.3 Å². The summed E-state index contributed by atoms with van der Waals surface area (Å²) in [5.41, 5.74) is 5.50. The molecule has 3 heteroatoms. The summed E-state index contributed by atoms with van der Waals surface area (Å²) in [7, 11) is 0. The van der Waals surface area contributed by atoms with Crippen LogP contribution in [0.25, 0.3) is 0 Å². The molecule has 1 fully saturated rings. The van der Waals surface area contributed by atoms with E-state index in [1.807, 2.05) is 0 Å². The summed E-state index contributed by atoms with van der Waals surface area (Å²) in [5.74, 6) is 0. The van der Waals surface area contributed by atoms with Crippen molar-refractivity contribution < 1.29 is 0 Å². The first-order valence-electron chi connectivity index (χ1n) is 9.40. The molecule has 1 aromatic rings. The molecule has 1 aliphatic carbocycles. The summed E-state index contributed by atoms with van der Waals surface area (Å²) in [6.45, 7) is 6.72. The van der Waals surface area contributed by atoms with Crippen LogP contribution < -0.4 is 10.6 Å². The van der Waals surface area contributed by atoms with Crippen molar-refractivity contribution in [1.29, 1.82) is 0 Å². The van der Waals surface area contributed by atoms with Crippen LogP contribution in [-0.2, 0) is 19.3 Å². The van der Waals surface area contributed by atoms with Gasteiger partial charge in [0.25, 0.3) is 0 Å². The zero-order chi connectivity index (χ0) is 16.7. The molecular weight excluding hydrogens is 300 g/mol. The number of hydrogen-bond donors (Lipinski definition) is 2. The van der Waals surface area contributed by atoms with Crippen LogP contribution in [-0.4, -0.2) is 11.2 Å². The highest BCUT2D eigenvalue weighted by molar-refractivity contribution is 7.80. The Kier molecular flexibility index (Phi) is 7.35. The average molecular weight is 333 g/mol. The van der Waals surface area contributed by atoms with E-state index in [-0.39, 0.29) is 0 Å². The Morgan fingerprint density at radius 3 is 2.22 bits per heavy atom. The molecule has 0 atom stereocenters. The minimum absolute atomic E-state index is 0.564. The average Bonchev–Trinajstić information content (AvgIpc) is 3.06. The minimum Gasteiger partial charge on any atom is -0.360 e. The Morgan fingerprint density at radius 1 is 1.09 bits per heavy atom. The van der Waals surface area contributed by atoms with E-state index in [1.54, 1.807) is 0 Å². The van der Waals surface area contributed by atoms with Crippen molar-refractivity contribution in [2.45, 2.75) is 84.6 Å². The number of hydrogen-bond acceptors (Lipinski definition) is 1. The summed E-state index contributed by atoms with van der Waals surface area (Å²) in [4.78, 5) is 0. The quantitative estimate of drug-likeness (QED) is 0.655. The number of rotatable bonds is 7. The molecule has 0 heterocycles. The second-order valence-electron chi connectivity index (χ2n) is 6.68. The lowest BCUT2D eigenvalue weighted by molar-refractivity contribution is 0.634. The van der Waals surface area contributed by atoms with Gasteiger partial charge in [-0.3, -0.25) is 0 Å². The third kappa shape index (κ3) is 5.20. The maximum atomic E-state index is 5.57. The first-order valence-corrected chi connectivity index (χ1v) is 9.80. The molecule has 0 radical (unpaired) electrons. The lowest BCUT2D eigenvalue weighted by atomic mass is 9.96. The zero-order valence-corrected chi connectivity index (χ0v) is 15.8. The van der Waals surface area contributed by atoms with Gasteiger partial charge in [0.15, 0.2) is 5.11 Å². The van der Waals surface area contributed by atoms with Gasteiger partial charge in [0.1, 0.15) is 0 Å². The Balaban J connectivity index is 2.13. The first-order chi connectivity index (χ1) is 11.2. The second-order valence-corrected chi connectivity index (χ2v) is 7.09. The molecule has 0 aliphatic heterocycles. The van der Waals surface area contributed by atoms with Crippen molar-refractivity contribution >= 4 is 23.0 Å². The van der Waals surface area contributed by atoms with Gasteiger partial charge in [0.2, 0.25) is 0 Å². The molecule has 0 aromatic heterocycles. The monoisotopic (exact) mass is 332 g/mol. The first kappa shape index (κ1) is 18.3. The van der Waals surface area contributed by atoms with Gasteiger partial charge in [-0.05, 0) is 67.4 Å². The van der Waals surface area contributed by atoms with Gasteiger partial charge in [0, 0.05) is 11.7 Å². The smallest absolute Gasteiger partial charge is 0.171 e. The van der Waals surface area contributed by atoms with Crippen LogP contribution in [0.4, 0.5) is 5.69 Å². The molecule has 1 aliphatic rings. The maximum Gasteiger partial charge on any atom is 0.171 e. The summed E-state index contributed by atoms with van der Waals surface area (Å²) < 4.78 is 0. The SMILES string of the molecule is CCCCc1cc(CC)c(NC(=S)NC2CCCC2)c(CC)c1. The molecule has 2 nitrogen and oxygen atoms in total. The summed E-state index contributed by atoms with van der Waals surface area (Å²) in [5, 5.41) is 7.80. The summed E-state index contributed by atoms with van der Waals surface area (Å²) >= 11 is 5.57. The van der Waals surface area contributed by atoms with Crippen LogP contribution in [0.2, 0.25) is 0 Å². The fourth-order valence-electron chi connectivity index (χ4n) is 3.49. The van der Waals surface area contributed by atoms with Gasteiger partial charge in [0.05, 0.1) is 0 Å². The lowest BCUT2D eigenvalue weighted by Gasteiger charge is -2.21. The predicted octanol–water partition coefficient (Wildman–Crippen LogP) is 5.38. The number of nitrogens with one attached hydrogen (secondary N) is 2. The minimum atomic E-state index is 0.564. The van der Waals surface area contributed by atoms with Crippen molar-refractivity contribution in [2.75, 3.05) is 5.32 Å². The highest BCUT2D eigenvalue weighted by Gasteiger charge is 2.17. The molecule has 0 bridgehead atoms. The highest BCUT2D eigenvalue weighted by atomic mass is 32.1. The van der Waals surface area contributed by atoms with Crippen molar-refractivity contribution in [1.82, 2.24) is 5.32 Å². The van der Waals surface area contributed by atoms with Crippen molar-refractivity contribution in [3.05, 3.63) is 28.8 Å². The van der Waals surface area contributed by atoms with E-state index in [2.05, 4.69) is 43.5 Å². The fraction of sp³-hybridized carbons (Fsp3) is 0.650. The van der Waals surface area contributed by atoms with E-state index < -0.39 is 0 Å². The van der Waals surface area contributed by atoms with E-state index in [0.717, 1.165) is 18.0 Å². The van der Waals surface area contributed by atoms with Crippen LogP contribution in [0.5, 0.6) is 0 Å². The highest BCUT2D eigenvalue weighted by Crippen LogP contribution is 2.26. The number of unbranched alkanes of at least 4 members (excludes halogenated alkanes) is 1. The molecule has 1 aromatic carbocycles. The van der Waals surface area contributed by atoms with E-state index in [4.69, 9.17) is 12.2 Å². The standard InChI is InChI=1S/C20H32N2S/c1-4-7-10-15-13-16(5-2)19(17(6-3)14-15)22-20(23)21-18-11-8-9-12-18/h13-14,18H,4-12H2,1-3H3,(H2,21,22,23). The molecule has 0 spiro atoms. The van der Waals surface area contributed by atoms with E-state index >= 15 is 0 Å². The molecule has 0 unspecified atom stereocenters. The Hall–Kier alpha value is -1.09. The molecule has 0 amide bonds. The van der Waals surface area contributed by atoms with Crippen LogP contribution in [0.15, 0.2) is 12.1 Å². The maximum absolute atomic E-state index is 5.57. The normalized spacial score (nSPS) is 14.9. The predicted molar refractivity (Wildman–Crippen MR) is 105 cm³/mol. The topological polar surface area (TPSA) is 24.1 Å². The third-order valence-electron chi connectivity index (χ3n) is 4.87. The van der Waals surface area contributed by atoms with Gasteiger partial charge in [-0.15, -0.1) is 0 Å². The number of benzene rings is 1. The van der Waals surface area contributed by atoms with E-state index in [9.17, 15) is 0 Å². The number of anilines is 1. The van der Waals surface area contributed by atoms with Gasteiger partial charge >= 0.3 is 0 Å². The van der Waals surface area contributed by atoms with Crippen LogP contribution in [0.3, 0.4) is 0 Å². The van der Waals surface area contributed by atoms with Gasteiger partial charge in [-0.1, -0.05) is 52.2 Å². The van der Waals surface area contributed by atoms with Crippen LogP contribution in [0.1, 0.15) is 76.0 Å². The Morgan fingerprint density at radius 2 is 1.70 bits per heavy atom. The zero-order valence-electron chi connectivity index (χ0n) is 15.0. The molecule has 2 N–H and O–H groups in total. The van der Waals surface area contributed by atoms with Crippen molar-refractivity contribution in [2.24, 2.45) is 0 Å². The summed E-state index contributed by atoms with van der Waals surface area (Å²) in [6.07, 6.45) is 10.9. The second kappa shape index (κ2) is 9.27. The van der Waals surface area contributed by atoms with Crippen LogP contribution in [0, 0.1) is 0 Å². The van der Waals surface area contributed by atoms with Gasteiger partial charge in [-0.2, -0.15) is 0 Å². The lowest BCUT2D eigenvalue weighted by Crippen LogP contribution is -2.36. The van der Waals surface area contributed by atoms with Gasteiger partial charge < -0.3 is 10.6 Å². The van der Waals surface area contributed by atoms with Crippen molar-refractivity contribution in [3.63, 3.8) is 0 Å². The van der Waals surface area contributed by atoms with Crippen molar-refractivity contribution in [3.8, 4) is 0 Å². The third-order valence-corrected chi connectivity index (χ3v) is 5.09. The molecule has 0 saturated heterocycles. The van der Waals surface area contributed by atoms with E-state index in [0.29, 0.717) is 6.04 Å².